The van der Waals surface area contributed by atoms with Crippen molar-refractivity contribution < 1.29 is 4.74 Å². The number of aryl methyl sites for hydroxylation is 1. The van der Waals surface area contributed by atoms with E-state index in [-0.39, 0.29) is 0 Å². The van der Waals surface area contributed by atoms with Crippen LogP contribution in [0.1, 0.15) is 16.0 Å². The van der Waals surface area contributed by atoms with E-state index in [4.69, 9.17) is 4.74 Å². The zero-order chi connectivity index (χ0) is 17.2. The summed E-state index contributed by atoms with van der Waals surface area (Å²) in [5, 5.41) is 12.1. The molecule has 2 rings (SSSR count). The summed E-state index contributed by atoms with van der Waals surface area (Å²) in [4.78, 5) is 5.61. The van der Waals surface area contributed by atoms with Crippen molar-refractivity contribution >= 4 is 23.0 Å². The molecule has 1 heterocycles. The summed E-state index contributed by atoms with van der Waals surface area (Å²) in [6, 6.07) is 10.5. The lowest BCUT2D eigenvalue weighted by Gasteiger charge is -2.12. The maximum Gasteiger partial charge on any atom is 0.191 e. The van der Waals surface area contributed by atoms with Gasteiger partial charge in [-0.2, -0.15) is 0 Å². The standard InChI is InChI=1S/C18H26N4OS/c1-14-8-11-24-17(14)13-22-18(19-2)21-12-15-4-6-16(7-5-15)20-9-10-23-3/h4-8,11,20H,9-10,12-13H2,1-3H3,(H2,19,21,22). The first-order chi connectivity index (χ1) is 11.7. The van der Waals surface area contributed by atoms with Gasteiger partial charge in [-0.05, 0) is 41.6 Å². The summed E-state index contributed by atoms with van der Waals surface area (Å²) in [5.41, 5.74) is 3.63. The fourth-order valence-corrected chi connectivity index (χ4v) is 3.04. The van der Waals surface area contributed by atoms with Gasteiger partial charge in [-0.1, -0.05) is 12.1 Å². The number of benzene rings is 1. The maximum absolute atomic E-state index is 5.03. The molecular formula is C18H26N4OS. The fraction of sp³-hybridized carbons (Fsp3) is 0.389. The number of methoxy groups -OCH3 is 1. The fourth-order valence-electron chi connectivity index (χ4n) is 2.19. The Morgan fingerprint density at radius 2 is 1.88 bits per heavy atom. The van der Waals surface area contributed by atoms with Crippen LogP contribution in [0, 0.1) is 6.92 Å². The van der Waals surface area contributed by atoms with Crippen molar-refractivity contribution in [2.24, 2.45) is 4.99 Å². The first-order valence-corrected chi connectivity index (χ1v) is 8.90. The first kappa shape index (κ1) is 18.3. The van der Waals surface area contributed by atoms with Crippen LogP contribution in [-0.4, -0.2) is 33.3 Å². The Labute approximate surface area is 148 Å². The summed E-state index contributed by atoms with van der Waals surface area (Å²) in [5.74, 6) is 0.810. The van der Waals surface area contributed by atoms with Crippen molar-refractivity contribution in [3.63, 3.8) is 0 Å². The lowest BCUT2D eigenvalue weighted by molar-refractivity contribution is 0.211. The molecule has 3 N–H and O–H groups in total. The molecule has 0 radical (unpaired) electrons. The van der Waals surface area contributed by atoms with Gasteiger partial charge in [0.25, 0.3) is 0 Å². The average molecular weight is 347 g/mol. The molecule has 0 saturated carbocycles. The molecule has 6 heteroatoms. The van der Waals surface area contributed by atoms with E-state index in [9.17, 15) is 0 Å². The maximum atomic E-state index is 5.03. The summed E-state index contributed by atoms with van der Waals surface area (Å²) in [7, 11) is 3.50. The molecule has 0 spiro atoms. The van der Waals surface area contributed by atoms with E-state index in [1.807, 2.05) is 0 Å². The Morgan fingerprint density at radius 1 is 1.12 bits per heavy atom. The van der Waals surface area contributed by atoms with Gasteiger partial charge >= 0.3 is 0 Å². The molecule has 1 aromatic heterocycles. The average Bonchev–Trinajstić information content (AvgIpc) is 3.01. The molecule has 0 fully saturated rings. The molecule has 0 unspecified atom stereocenters. The van der Waals surface area contributed by atoms with Crippen LogP contribution in [0.2, 0.25) is 0 Å². The monoisotopic (exact) mass is 346 g/mol. The molecule has 130 valence electrons. The van der Waals surface area contributed by atoms with Crippen molar-refractivity contribution in [1.29, 1.82) is 0 Å². The normalized spacial score (nSPS) is 11.4. The van der Waals surface area contributed by atoms with Gasteiger partial charge in [0.15, 0.2) is 5.96 Å². The zero-order valence-corrected chi connectivity index (χ0v) is 15.4. The largest absolute Gasteiger partial charge is 0.383 e. The highest BCUT2D eigenvalue weighted by Crippen LogP contribution is 2.14. The summed E-state index contributed by atoms with van der Waals surface area (Å²) < 4.78 is 5.03. The van der Waals surface area contributed by atoms with Gasteiger partial charge in [-0.15, -0.1) is 11.3 Å². The van der Waals surface area contributed by atoms with Crippen molar-refractivity contribution in [3.8, 4) is 0 Å². The lowest BCUT2D eigenvalue weighted by Crippen LogP contribution is -2.36. The molecule has 0 bridgehead atoms. The Morgan fingerprint density at radius 3 is 2.50 bits per heavy atom. The SMILES string of the molecule is CN=C(NCc1ccc(NCCOC)cc1)NCc1sccc1C. The highest BCUT2D eigenvalue weighted by atomic mass is 32.1. The van der Waals surface area contributed by atoms with Gasteiger partial charge in [-0.25, -0.2) is 0 Å². The van der Waals surface area contributed by atoms with Crippen molar-refractivity contribution in [2.75, 3.05) is 32.6 Å². The number of thiophene rings is 1. The van der Waals surface area contributed by atoms with Gasteiger partial charge in [0.1, 0.15) is 0 Å². The third kappa shape index (κ3) is 5.86. The summed E-state index contributed by atoms with van der Waals surface area (Å²) in [6.07, 6.45) is 0. The highest BCUT2D eigenvalue weighted by molar-refractivity contribution is 7.10. The Hall–Kier alpha value is -2.05. The van der Waals surface area contributed by atoms with Gasteiger partial charge in [0.2, 0.25) is 0 Å². The second kappa shape index (κ2) is 9.95. The van der Waals surface area contributed by atoms with Gasteiger partial charge in [0, 0.05) is 37.8 Å². The number of hydrogen-bond acceptors (Lipinski definition) is 4. The second-order valence-corrected chi connectivity index (χ2v) is 6.42. The summed E-state index contributed by atoms with van der Waals surface area (Å²) in [6.45, 7) is 5.18. The van der Waals surface area contributed by atoms with Gasteiger partial charge < -0.3 is 20.7 Å². The lowest BCUT2D eigenvalue weighted by atomic mass is 10.2. The highest BCUT2D eigenvalue weighted by Gasteiger charge is 2.02. The minimum absolute atomic E-state index is 0.703. The number of anilines is 1. The van der Waals surface area contributed by atoms with Crippen LogP contribution in [-0.2, 0) is 17.8 Å². The minimum atomic E-state index is 0.703. The van der Waals surface area contributed by atoms with Crippen molar-refractivity contribution in [2.45, 2.75) is 20.0 Å². The van der Waals surface area contributed by atoms with Crippen LogP contribution in [0.3, 0.4) is 0 Å². The first-order valence-electron chi connectivity index (χ1n) is 8.02. The molecular weight excluding hydrogens is 320 g/mol. The quantitative estimate of drug-likeness (QED) is 0.391. The molecule has 1 aromatic carbocycles. The van der Waals surface area contributed by atoms with Crippen LogP contribution in [0.25, 0.3) is 0 Å². The van der Waals surface area contributed by atoms with E-state index < -0.39 is 0 Å². The molecule has 5 nitrogen and oxygen atoms in total. The van der Waals surface area contributed by atoms with Crippen molar-refractivity contribution in [3.05, 3.63) is 51.7 Å². The number of nitrogens with one attached hydrogen (secondary N) is 3. The third-order valence-electron chi connectivity index (χ3n) is 3.66. The van der Waals surface area contributed by atoms with E-state index in [1.54, 1.807) is 25.5 Å². The number of rotatable bonds is 8. The Kier molecular flexibility index (Phi) is 7.58. The molecule has 0 aliphatic carbocycles. The minimum Gasteiger partial charge on any atom is -0.383 e. The third-order valence-corrected chi connectivity index (χ3v) is 4.68. The van der Waals surface area contributed by atoms with E-state index in [2.05, 4.69) is 63.6 Å². The summed E-state index contributed by atoms with van der Waals surface area (Å²) >= 11 is 1.76. The molecule has 0 atom stereocenters. The van der Waals surface area contributed by atoms with Crippen LogP contribution >= 0.6 is 11.3 Å². The molecule has 0 saturated heterocycles. The molecule has 0 aliphatic rings. The van der Waals surface area contributed by atoms with E-state index in [0.717, 1.165) is 31.3 Å². The van der Waals surface area contributed by atoms with Crippen LogP contribution in [0.5, 0.6) is 0 Å². The van der Waals surface area contributed by atoms with Gasteiger partial charge in [-0.3, -0.25) is 4.99 Å². The predicted octanol–water partition coefficient (Wildman–Crippen LogP) is 2.98. The molecule has 2 aromatic rings. The van der Waals surface area contributed by atoms with Crippen LogP contribution in [0.15, 0.2) is 40.7 Å². The molecule has 24 heavy (non-hydrogen) atoms. The van der Waals surface area contributed by atoms with Gasteiger partial charge in [0.05, 0.1) is 13.2 Å². The Balaban J connectivity index is 1.77. The van der Waals surface area contributed by atoms with E-state index in [1.165, 1.54) is 16.0 Å². The number of ether oxygens (including phenoxy) is 1. The predicted molar refractivity (Wildman–Crippen MR) is 103 cm³/mol. The van der Waals surface area contributed by atoms with Crippen LogP contribution in [0.4, 0.5) is 5.69 Å². The topological polar surface area (TPSA) is 57.7 Å². The molecule has 0 aliphatic heterocycles. The van der Waals surface area contributed by atoms with Crippen molar-refractivity contribution in [1.82, 2.24) is 10.6 Å². The number of nitrogens with zero attached hydrogens (tertiary/aromatic N) is 1. The van der Waals surface area contributed by atoms with E-state index >= 15 is 0 Å². The van der Waals surface area contributed by atoms with E-state index in [0.29, 0.717) is 6.61 Å². The number of aliphatic imine (C=N–C) groups is 1. The smallest absolute Gasteiger partial charge is 0.191 e. The molecule has 0 amide bonds. The second-order valence-electron chi connectivity index (χ2n) is 5.42. The van der Waals surface area contributed by atoms with Crippen LogP contribution < -0.4 is 16.0 Å². The Bertz CT molecular complexity index is 637. The zero-order valence-electron chi connectivity index (χ0n) is 14.6. The number of guanidine groups is 1. The number of hydrogen-bond donors (Lipinski definition) is 3.